The van der Waals surface area contributed by atoms with Crippen LogP contribution >= 0.6 is 34.5 Å². The number of aliphatic hydroxyl groups excluding tert-OH is 2. The molecule has 2 amide bonds. The van der Waals surface area contributed by atoms with Crippen LogP contribution in [0.1, 0.15) is 23.8 Å². The number of benzene rings is 1. The zero-order chi connectivity index (χ0) is 21.3. The molecule has 3 N–H and O–H groups in total. The fourth-order valence-electron chi connectivity index (χ4n) is 3.17. The van der Waals surface area contributed by atoms with Crippen LogP contribution in [0.2, 0.25) is 10.0 Å². The van der Waals surface area contributed by atoms with Gasteiger partial charge in [0.1, 0.15) is 6.10 Å². The highest BCUT2D eigenvalue weighted by Crippen LogP contribution is 2.30. The molecule has 1 aliphatic rings. The number of halogens is 2. The topological polar surface area (TPSA) is 98.6 Å². The number of nitrogens with one attached hydrogen (secondary N) is 1. The van der Waals surface area contributed by atoms with Gasteiger partial charge in [0.2, 0.25) is 0 Å². The van der Waals surface area contributed by atoms with Crippen molar-refractivity contribution in [1.82, 2.24) is 14.9 Å². The van der Waals surface area contributed by atoms with E-state index in [1.54, 1.807) is 17.0 Å². The maximum Gasteiger partial charge on any atom is 0.323 e. The van der Waals surface area contributed by atoms with E-state index < -0.39 is 12.7 Å². The number of hydrogen-bond acceptors (Lipinski definition) is 6. The van der Waals surface area contributed by atoms with Gasteiger partial charge in [0.05, 0.1) is 27.5 Å². The predicted octanol–water partition coefficient (Wildman–Crippen LogP) is 4.35. The SMILES string of the molecule is O=C(Nc1nc2ccc(Cl)cc2s1)N1CC=C(c2ncc([C@H](O)CO)cc2Cl)CC1. The van der Waals surface area contributed by atoms with E-state index in [0.29, 0.717) is 45.9 Å². The van der Waals surface area contributed by atoms with Crippen LogP contribution in [0, 0.1) is 0 Å². The second-order valence-electron chi connectivity index (χ2n) is 6.78. The average Bonchev–Trinajstić information content (AvgIpc) is 3.14. The maximum atomic E-state index is 12.6. The quantitative estimate of drug-likeness (QED) is 0.533. The number of pyridine rings is 1. The van der Waals surface area contributed by atoms with Crippen LogP contribution < -0.4 is 5.32 Å². The number of amides is 2. The molecule has 156 valence electrons. The van der Waals surface area contributed by atoms with Crippen molar-refractivity contribution in [3.63, 3.8) is 0 Å². The molecule has 0 fully saturated rings. The fourth-order valence-corrected chi connectivity index (χ4v) is 4.60. The largest absolute Gasteiger partial charge is 0.393 e. The third-order valence-electron chi connectivity index (χ3n) is 4.78. The van der Waals surface area contributed by atoms with Gasteiger partial charge in [-0.15, -0.1) is 0 Å². The minimum Gasteiger partial charge on any atom is -0.393 e. The molecule has 2 aromatic heterocycles. The number of hydrogen-bond donors (Lipinski definition) is 3. The van der Waals surface area contributed by atoms with E-state index in [2.05, 4.69) is 15.3 Å². The Balaban J connectivity index is 1.43. The molecule has 1 aliphatic heterocycles. The Kier molecular flexibility index (Phi) is 6.21. The minimum absolute atomic E-state index is 0.226. The molecule has 0 bridgehead atoms. The third kappa shape index (κ3) is 4.43. The Labute approximate surface area is 186 Å². The lowest BCUT2D eigenvalue weighted by Gasteiger charge is -2.26. The normalized spacial score (nSPS) is 15.2. The number of rotatable bonds is 4. The van der Waals surface area contributed by atoms with E-state index >= 15 is 0 Å². The zero-order valence-electron chi connectivity index (χ0n) is 15.7. The van der Waals surface area contributed by atoms with Crippen LogP contribution in [-0.2, 0) is 0 Å². The summed E-state index contributed by atoms with van der Waals surface area (Å²) >= 11 is 13.7. The second-order valence-corrected chi connectivity index (χ2v) is 8.66. The van der Waals surface area contributed by atoms with Gasteiger partial charge in [-0.3, -0.25) is 10.3 Å². The molecule has 0 unspecified atom stereocenters. The Morgan fingerprint density at radius 3 is 2.87 bits per heavy atom. The first-order valence-corrected chi connectivity index (χ1v) is 10.8. The summed E-state index contributed by atoms with van der Waals surface area (Å²) in [5.41, 5.74) is 2.80. The summed E-state index contributed by atoms with van der Waals surface area (Å²) in [5, 5.41) is 23.2. The summed E-state index contributed by atoms with van der Waals surface area (Å²) in [6.45, 7) is 0.524. The van der Waals surface area contributed by atoms with Crippen LogP contribution in [0.25, 0.3) is 15.8 Å². The van der Waals surface area contributed by atoms with E-state index in [1.807, 2.05) is 18.2 Å². The summed E-state index contributed by atoms with van der Waals surface area (Å²) in [6.07, 6.45) is 3.00. The van der Waals surface area contributed by atoms with Gasteiger partial charge >= 0.3 is 6.03 Å². The minimum atomic E-state index is -1.01. The Morgan fingerprint density at radius 2 is 2.17 bits per heavy atom. The number of aliphatic hydroxyl groups is 2. The molecule has 0 radical (unpaired) electrons. The second kappa shape index (κ2) is 8.87. The average molecular weight is 465 g/mol. The molecule has 4 rings (SSSR count). The lowest BCUT2D eigenvalue weighted by molar-refractivity contribution is 0.0953. The molecular formula is C20H18Cl2N4O3S. The van der Waals surface area contributed by atoms with Crippen LogP contribution in [-0.4, -0.2) is 50.8 Å². The molecule has 10 heteroatoms. The molecule has 0 saturated heterocycles. The van der Waals surface area contributed by atoms with Gasteiger partial charge in [0, 0.05) is 29.9 Å². The Hall–Kier alpha value is -2.23. The van der Waals surface area contributed by atoms with E-state index in [-0.39, 0.29) is 6.03 Å². The standard InChI is InChI=1S/C20H18Cl2N4O3S/c21-13-1-2-15-17(8-13)30-19(24-15)25-20(29)26-5-3-11(4-6-26)18-14(22)7-12(9-23-18)16(28)10-27/h1-3,7-9,16,27-28H,4-6,10H2,(H,24,25,29)/t16-/m1/s1. The van der Waals surface area contributed by atoms with Crippen molar-refractivity contribution in [3.05, 3.63) is 57.8 Å². The van der Waals surface area contributed by atoms with Gasteiger partial charge in [-0.05, 0) is 36.3 Å². The van der Waals surface area contributed by atoms with Crippen molar-refractivity contribution in [2.45, 2.75) is 12.5 Å². The number of aromatic nitrogens is 2. The summed E-state index contributed by atoms with van der Waals surface area (Å²) < 4.78 is 0.911. The molecule has 0 aliphatic carbocycles. The monoisotopic (exact) mass is 464 g/mol. The van der Waals surface area contributed by atoms with Gasteiger partial charge in [-0.1, -0.05) is 40.6 Å². The number of thiazole rings is 1. The Morgan fingerprint density at radius 1 is 1.33 bits per heavy atom. The molecule has 30 heavy (non-hydrogen) atoms. The predicted molar refractivity (Wildman–Crippen MR) is 119 cm³/mol. The van der Waals surface area contributed by atoms with Crippen LogP contribution in [0.3, 0.4) is 0 Å². The molecule has 1 atom stereocenters. The number of urea groups is 1. The highest BCUT2D eigenvalue weighted by Gasteiger charge is 2.21. The van der Waals surface area contributed by atoms with E-state index in [4.69, 9.17) is 28.3 Å². The van der Waals surface area contributed by atoms with Crippen molar-refractivity contribution in [2.24, 2.45) is 0 Å². The summed E-state index contributed by atoms with van der Waals surface area (Å²) in [4.78, 5) is 23.0. The van der Waals surface area contributed by atoms with Crippen molar-refractivity contribution in [2.75, 3.05) is 25.0 Å². The summed E-state index contributed by atoms with van der Waals surface area (Å²) in [5.74, 6) is 0. The van der Waals surface area contributed by atoms with E-state index in [9.17, 15) is 9.90 Å². The molecule has 7 nitrogen and oxygen atoms in total. The van der Waals surface area contributed by atoms with Crippen LogP contribution in [0.5, 0.6) is 0 Å². The molecule has 0 spiro atoms. The lowest BCUT2D eigenvalue weighted by atomic mass is 10.0. The maximum absolute atomic E-state index is 12.6. The van der Waals surface area contributed by atoms with Gasteiger partial charge in [-0.2, -0.15) is 0 Å². The first-order chi connectivity index (χ1) is 14.4. The van der Waals surface area contributed by atoms with E-state index in [1.165, 1.54) is 17.5 Å². The van der Waals surface area contributed by atoms with Gasteiger partial charge in [0.25, 0.3) is 0 Å². The van der Waals surface area contributed by atoms with Crippen LogP contribution in [0.4, 0.5) is 9.93 Å². The van der Waals surface area contributed by atoms with E-state index in [0.717, 1.165) is 15.8 Å². The van der Waals surface area contributed by atoms with Crippen molar-refractivity contribution >= 4 is 61.5 Å². The number of carbonyl (C=O) groups excluding carboxylic acids is 1. The van der Waals surface area contributed by atoms with Crippen molar-refractivity contribution in [3.8, 4) is 0 Å². The zero-order valence-corrected chi connectivity index (χ0v) is 18.0. The lowest BCUT2D eigenvalue weighted by Crippen LogP contribution is -2.37. The number of fused-ring (bicyclic) bond motifs is 1. The highest BCUT2D eigenvalue weighted by atomic mass is 35.5. The number of nitrogens with zero attached hydrogens (tertiary/aromatic N) is 3. The fraction of sp³-hybridized carbons (Fsp3) is 0.250. The van der Waals surface area contributed by atoms with Gasteiger partial charge in [-0.25, -0.2) is 9.78 Å². The molecule has 0 saturated carbocycles. The summed E-state index contributed by atoms with van der Waals surface area (Å²) in [7, 11) is 0. The summed E-state index contributed by atoms with van der Waals surface area (Å²) in [6, 6.07) is 6.78. The number of anilines is 1. The molecule has 3 aromatic rings. The molecule has 3 heterocycles. The first-order valence-electron chi connectivity index (χ1n) is 9.20. The van der Waals surface area contributed by atoms with Crippen molar-refractivity contribution in [1.29, 1.82) is 0 Å². The van der Waals surface area contributed by atoms with Crippen molar-refractivity contribution < 1.29 is 15.0 Å². The van der Waals surface area contributed by atoms with Crippen LogP contribution in [0.15, 0.2) is 36.5 Å². The Bertz CT molecular complexity index is 1130. The molecule has 1 aromatic carbocycles. The smallest absolute Gasteiger partial charge is 0.323 e. The van der Waals surface area contributed by atoms with Gasteiger partial charge < -0.3 is 15.1 Å². The first kappa shape index (κ1) is 21.0. The molecular weight excluding hydrogens is 447 g/mol. The number of carbonyl (C=O) groups is 1. The van der Waals surface area contributed by atoms with Gasteiger partial charge in [0.15, 0.2) is 5.13 Å². The highest BCUT2D eigenvalue weighted by molar-refractivity contribution is 7.22. The third-order valence-corrected chi connectivity index (χ3v) is 6.24.